The second kappa shape index (κ2) is 6.82. The molecule has 2 N–H and O–H groups in total. The summed E-state index contributed by atoms with van der Waals surface area (Å²) >= 11 is 7.81. The van der Waals surface area contributed by atoms with Crippen molar-refractivity contribution in [1.82, 2.24) is 5.32 Å². The topological polar surface area (TPSA) is 32.3 Å². The first-order valence-corrected chi connectivity index (χ1v) is 8.74. The van der Waals surface area contributed by atoms with Crippen molar-refractivity contribution in [2.75, 3.05) is 0 Å². The standard InChI is InChI=1S/C17H20ClNOS/c18-14-10-12(7-8-15(14)20)11-19-17(13-4-1-2-5-13)16-6-3-9-21-16/h3,6-10,13,17,19-20H,1-2,4-5,11H2. The maximum absolute atomic E-state index is 9.49. The molecule has 21 heavy (non-hydrogen) atoms. The van der Waals surface area contributed by atoms with Gasteiger partial charge in [-0.15, -0.1) is 11.3 Å². The van der Waals surface area contributed by atoms with Crippen LogP contribution in [0.1, 0.15) is 42.2 Å². The van der Waals surface area contributed by atoms with Gasteiger partial charge in [0.15, 0.2) is 0 Å². The number of halogens is 1. The van der Waals surface area contributed by atoms with Crippen LogP contribution < -0.4 is 5.32 Å². The van der Waals surface area contributed by atoms with Crippen molar-refractivity contribution in [2.45, 2.75) is 38.3 Å². The van der Waals surface area contributed by atoms with Gasteiger partial charge in [0.25, 0.3) is 0 Å². The molecule has 4 heteroatoms. The highest BCUT2D eigenvalue weighted by Gasteiger charge is 2.26. The summed E-state index contributed by atoms with van der Waals surface area (Å²) in [7, 11) is 0. The lowest BCUT2D eigenvalue weighted by atomic mass is 9.96. The van der Waals surface area contributed by atoms with E-state index in [2.05, 4.69) is 22.8 Å². The average Bonchev–Trinajstić information content (AvgIpc) is 3.16. The summed E-state index contributed by atoms with van der Waals surface area (Å²) in [6.07, 6.45) is 5.32. The van der Waals surface area contributed by atoms with Gasteiger partial charge in [-0.2, -0.15) is 0 Å². The zero-order valence-electron chi connectivity index (χ0n) is 11.9. The first-order chi connectivity index (χ1) is 10.2. The molecule has 0 aliphatic heterocycles. The third kappa shape index (κ3) is 3.60. The van der Waals surface area contributed by atoms with Gasteiger partial charge in [-0.25, -0.2) is 0 Å². The van der Waals surface area contributed by atoms with Crippen molar-refractivity contribution in [1.29, 1.82) is 0 Å². The van der Waals surface area contributed by atoms with Gasteiger partial charge in [0, 0.05) is 17.5 Å². The molecule has 1 aliphatic carbocycles. The van der Waals surface area contributed by atoms with Gasteiger partial charge >= 0.3 is 0 Å². The second-order valence-electron chi connectivity index (χ2n) is 5.70. The van der Waals surface area contributed by atoms with Gasteiger partial charge in [0.1, 0.15) is 5.75 Å². The van der Waals surface area contributed by atoms with Crippen LogP contribution in [-0.2, 0) is 6.54 Å². The molecule has 0 spiro atoms. The lowest BCUT2D eigenvalue weighted by Gasteiger charge is -2.24. The van der Waals surface area contributed by atoms with Crippen molar-refractivity contribution in [3.8, 4) is 5.75 Å². The number of phenols is 1. The van der Waals surface area contributed by atoms with Crippen LogP contribution in [0, 0.1) is 5.92 Å². The lowest BCUT2D eigenvalue weighted by Crippen LogP contribution is -2.26. The minimum absolute atomic E-state index is 0.144. The second-order valence-corrected chi connectivity index (χ2v) is 7.09. The third-order valence-electron chi connectivity index (χ3n) is 4.26. The molecule has 0 amide bonds. The largest absolute Gasteiger partial charge is 0.506 e. The fourth-order valence-corrected chi connectivity index (χ4v) is 4.24. The summed E-state index contributed by atoms with van der Waals surface area (Å²) in [6, 6.07) is 10.2. The number of hydrogen-bond donors (Lipinski definition) is 2. The van der Waals surface area contributed by atoms with Crippen LogP contribution >= 0.6 is 22.9 Å². The Hall–Kier alpha value is -1.03. The van der Waals surface area contributed by atoms with Gasteiger partial charge in [0.2, 0.25) is 0 Å². The molecule has 1 saturated carbocycles. The fourth-order valence-electron chi connectivity index (χ4n) is 3.15. The molecule has 2 nitrogen and oxygen atoms in total. The Kier molecular flexibility index (Phi) is 4.84. The maximum atomic E-state index is 9.49. The third-order valence-corrected chi connectivity index (χ3v) is 5.52. The van der Waals surface area contributed by atoms with E-state index in [9.17, 15) is 5.11 Å². The molecule has 0 saturated heterocycles. The SMILES string of the molecule is Oc1ccc(CNC(c2cccs2)C2CCCC2)cc1Cl. The van der Waals surface area contributed by atoms with E-state index in [1.165, 1.54) is 30.6 Å². The predicted molar refractivity (Wildman–Crippen MR) is 89.0 cm³/mol. The molecule has 2 aromatic rings. The quantitative estimate of drug-likeness (QED) is 0.800. The molecule has 1 aliphatic rings. The Bertz CT molecular complexity index is 578. The van der Waals surface area contributed by atoms with Gasteiger partial charge in [-0.1, -0.05) is 36.6 Å². The molecule has 0 bridgehead atoms. The number of hydrogen-bond acceptors (Lipinski definition) is 3. The van der Waals surface area contributed by atoms with Crippen molar-refractivity contribution in [3.05, 3.63) is 51.2 Å². The Morgan fingerprint density at radius 1 is 1.29 bits per heavy atom. The van der Waals surface area contributed by atoms with Gasteiger partial charge in [-0.3, -0.25) is 0 Å². The van der Waals surface area contributed by atoms with E-state index >= 15 is 0 Å². The van der Waals surface area contributed by atoms with E-state index in [1.54, 1.807) is 6.07 Å². The molecular formula is C17H20ClNOS. The van der Waals surface area contributed by atoms with E-state index in [-0.39, 0.29) is 5.75 Å². The minimum atomic E-state index is 0.144. The summed E-state index contributed by atoms with van der Waals surface area (Å²) in [5, 5.41) is 15.8. The Balaban J connectivity index is 1.71. The van der Waals surface area contributed by atoms with Crippen molar-refractivity contribution in [2.24, 2.45) is 5.92 Å². The van der Waals surface area contributed by atoms with Crippen LogP contribution in [0.3, 0.4) is 0 Å². The maximum Gasteiger partial charge on any atom is 0.134 e. The molecule has 1 unspecified atom stereocenters. The summed E-state index contributed by atoms with van der Waals surface area (Å²) in [4.78, 5) is 1.42. The average molecular weight is 322 g/mol. The van der Waals surface area contributed by atoms with E-state index in [4.69, 9.17) is 11.6 Å². The highest BCUT2D eigenvalue weighted by molar-refractivity contribution is 7.10. The highest BCUT2D eigenvalue weighted by atomic mass is 35.5. The molecule has 1 atom stereocenters. The van der Waals surface area contributed by atoms with E-state index in [0.29, 0.717) is 11.1 Å². The predicted octanol–water partition coefficient (Wildman–Crippen LogP) is 5.13. The smallest absolute Gasteiger partial charge is 0.134 e. The normalized spacial score (nSPS) is 17.2. The first kappa shape index (κ1) is 14.9. The Morgan fingerprint density at radius 3 is 2.76 bits per heavy atom. The summed E-state index contributed by atoms with van der Waals surface area (Å²) in [6.45, 7) is 0.777. The van der Waals surface area contributed by atoms with Crippen molar-refractivity contribution in [3.63, 3.8) is 0 Å². The molecular weight excluding hydrogens is 302 g/mol. The van der Waals surface area contributed by atoms with Crippen LogP contribution in [0.4, 0.5) is 0 Å². The van der Waals surface area contributed by atoms with E-state index in [0.717, 1.165) is 18.0 Å². The summed E-state index contributed by atoms with van der Waals surface area (Å²) in [5.74, 6) is 0.877. The summed E-state index contributed by atoms with van der Waals surface area (Å²) in [5.41, 5.74) is 1.11. The van der Waals surface area contributed by atoms with E-state index in [1.807, 2.05) is 23.5 Å². The number of rotatable bonds is 5. The number of benzene rings is 1. The van der Waals surface area contributed by atoms with Crippen LogP contribution in [0.25, 0.3) is 0 Å². The zero-order valence-corrected chi connectivity index (χ0v) is 13.5. The van der Waals surface area contributed by atoms with Crippen molar-refractivity contribution < 1.29 is 5.11 Å². The molecule has 3 rings (SSSR count). The van der Waals surface area contributed by atoms with Crippen LogP contribution in [0.2, 0.25) is 5.02 Å². The Morgan fingerprint density at radius 2 is 2.10 bits per heavy atom. The van der Waals surface area contributed by atoms with Crippen LogP contribution in [0.15, 0.2) is 35.7 Å². The zero-order chi connectivity index (χ0) is 14.7. The molecule has 112 valence electrons. The number of aromatic hydroxyl groups is 1. The molecule has 0 radical (unpaired) electrons. The van der Waals surface area contributed by atoms with Gasteiger partial charge in [-0.05, 0) is 47.9 Å². The van der Waals surface area contributed by atoms with Crippen LogP contribution in [-0.4, -0.2) is 5.11 Å². The molecule has 1 aromatic carbocycles. The number of thiophene rings is 1. The van der Waals surface area contributed by atoms with Gasteiger partial charge < -0.3 is 10.4 Å². The lowest BCUT2D eigenvalue weighted by molar-refractivity contribution is 0.371. The van der Waals surface area contributed by atoms with Gasteiger partial charge in [0.05, 0.1) is 5.02 Å². The first-order valence-electron chi connectivity index (χ1n) is 7.48. The van der Waals surface area contributed by atoms with E-state index < -0.39 is 0 Å². The molecule has 1 aromatic heterocycles. The Labute approximate surface area is 134 Å². The monoisotopic (exact) mass is 321 g/mol. The summed E-state index contributed by atoms with van der Waals surface area (Å²) < 4.78 is 0. The highest BCUT2D eigenvalue weighted by Crippen LogP contribution is 2.37. The fraction of sp³-hybridized carbons (Fsp3) is 0.412. The molecule has 1 fully saturated rings. The van der Waals surface area contributed by atoms with Crippen molar-refractivity contribution >= 4 is 22.9 Å². The number of phenolic OH excluding ortho intramolecular Hbond substituents is 1. The number of nitrogens with one attached hydrogen (secondary N) is 1. The van der Waals surface area contributed by atoms with Crippen LogP contribution in [0.5, 0.6) is 5.75 Å². The molecule has 1 heterocycles. The minimum Gasteiger partial charge on any atom is -0.506 e.